The molecule has 0 aliphatic heterocycles. The number of nitrogens with zero attached hydrogens (tertiary/aromatic N) is 2. The highest BCUT2D eigenvalue weighted by Crippen LogP contribution is 2.23. The molecule has 0 radical (unpaired) electrons. The molecule has 0 amide bonds. The second kappa shape index (κ2) is 6.92. The minimum Gasteiger partial charge on any atom is -0.465 e. The van der Waals surface area contributed by atoms with Crippen molar-refractivity contribution in [3.05, 3.63) is 23.7 Å². The van der Waals surface area contributed by atoms with Gasteiger partial charge in [0.05, 0.1) is 6.04 Å². The summed E-state index contributed by atoms with van der Waals surface area (Å²) in [7, 11) is 4.19. The van der Waals surface area contributed by atoms with Gasteiger partial charge in [-0.1, -0.05) is 6.92 Å². The Morgan fingerprint density at radius 2 is 2.00 bits per heavy atom. The Hall–Kier alpha value is -0.840. The summed E-state index contributed by atoms with van der Waals surface area (Å²) in [5.74, 6) is 1.92. The Bertz CT molecular complexity index is 349. The average Bonchev–Trinajstić information content (AvgIpc) is 2.71. The van der Waals surface area contributed by atoms with Gasteiger partial charge in [-0.25, -0.2) is 0 Å². The molecule has 0 saturated carbocycles. The lowest BCUT2D eigenvalue weighted by Crippen LogP contribution is -2.44. The van der Waals surface area contributed by atoms with E-state index in [1.165, 1.54) is 0 Å². The highest BCUT2D eigenvalue weighted by Gasteiger charge is 2.25. The summed E-state index contributed by atoms with van der Waals surface area (Å²) in [6, 6.07) is 4.66. The fourth-order valence-corrected chi connectivity index (χ4v) is 2.52. The van der Waals surface area contributed by atoms with E-state index in [2.05, 4.69) is 37.7 Å². The van der Waals surface area contributed by atoms with Gasteiger partial charge in [0.1, 0.15) is 11.5 Å². The van der Waals surface area contributed by atoms with Gasteiger partial charge in [-0.2, -0.15) is 0 Å². The predicted molar refractivity (Wildman–Crippen MR) is 75.6 cm³/mol. The summed E-state index contributed by atoms with van der Waals surface area (Å²) in [6.45, 7) is 8.95. The normalized spacial score (nSPS) is 15.3. The molecule has 4 nitrogen and oxygen atoms in total. The van der Waals surface area contributed by atoms with Gasteiger partial charge >= 0.3 is 0 Å². The minimum atomic E-state index is 0.165. The van der Waals surface area contributed by atoms with Crippen molar-refractivity contribution >= 4 is 0 Å². The zero-order chi connectivity index (χ0) is 13.7. The number of hydrogen-bond donors (Lipinski definition) is 1. The van der Waals surface area contributed by atoms with Crippen LogP contribution in [0.15, 0.2) is 16.5 Å². The molecule has 18 heavy (non-hydrogen) atoms. The Morgan fingerprint density at radius 1 is 1.33 bits per heavy atom. The standard InChI is InChI=1S/C14H27N3O/c1-6-17(11(2)10-16(4)5)13(9-15)14-8-7-12(3)18-14/h7-8,11,13H,6,9-10,15H2,1-5H3. The summed E-state index contributed by atoms with van der Waals surface area (Å²) >= 11 is 0. The molecule has 1 heterocycles. The number of furan rings is 1. The van der Waals surface area contributed by atoms with E-state index in [0.29, 0.717) is 12.6 Å². The fraction of sp³-hybridized carbons (Fsp3) is 0.714. The molecule has 0 bridgehead atoms. The van der Waals surface area contributed by atoms with Gasteiger partial charge in [0.25, 0.3) is 0 Å². The summed E-state index contributed by atoms with van der Waals surface area (Å²) < 4.78 is 5.74. The van der Waals surface area contributed by atoms with Crippen molar-refractivity contribution in [3.8, 4) is 0 Å². The van der Waals surface area contributed by atoms with Crippen molar-refractivity contribution in [1.82, 2.24) is 9.80 Å². The maximum atomic E-state index is 5.94. The molecule has 0 aliphatic carbocycles. The van der Waals surface area contributed by atoms with Crippen LogP contribution in [0.2, 0.25) is 0 Å². The second-order valence-corrected chi connectivity index (χ2v) is 5.14. The number of rotatable bonds is 7. The first kappa shape index (κ1) is 15.2. The van der Waals surface area contributed by atoms with Crippen LogP contribution in [0.1, 0.15) is 31.4 Å². The van der Waals surface area contributed by atoms with E-state index >= 15 is 0 Å². The Kier molecular flexibility index (Phi) is 5.85. The van der Waals surface area contributed by atoms with Gasteiger partial charge in [0, 0.05) is 19.1 Å². The lowest BCUT2D eigenvalue weighted by Gasteiger charge is -2.35. The van der Waals surface area contributed by atoms with E-state index < -0.39 is 0 Å². The number of likely N-dealkylation sites (N-methyl/N-ethyl adjacent to an activating group) is 2. The van der Waals surface area contributed by atoms with Crippen LogP contribution in [0.3, 0.4) is 0 Å². The molecule has 0 spiro atoms. The first-order valence-corrected chi connectivity index (χ1v) is 6.66. The van der Waals surface area contributed by atoms with Gasteiger partial charge in [-0.3, -0.25) is 4.90 Å². The Labute approximate surface area is 111 Å². The van der Waals surface area contributed by atoms with Gasteiger partial charge in [0.2, 0.25) is 0 Å². The summed E-state index contributed by atoms with van der Waals surface area (Å²) in [4.78, 5) is 4.60. The lowest BCUT2D eigenvalue weighted by atomic mass is 10.1. The van der Waals surface area contributed by atoms with E-state index in [-0.39, 0.29) is 6.04 Å². The van der Waals surface area contributed by atoms with Crippen LogP contribution in [0.4, 0.5) is 0 Å². The second-order valence-electron chi connectivity index (χ2n) is 5.14. The van der Waals surface area contributed by atoms with E-state index in [1.54, 1.807) is 0 Å². The van der Waals surface area contributed by atoms with Crippen LogP contribution in [0, 0.1) is 6.92 Å². The third-order valence-electron chi connectivity index (χ3n) is 3.27. The van der Waals surface area contributed by atoms with Crippen LogP contribution in [-0.4, -0.2) is 49.6 Å². The summed E-state index contributed by atoms with van der Waals surface area (Å²) in [5.41, 5.74) is 5.94. The van der Waals surface area contributed by atoms with Crippen molar-refractivity contribution in [1.29, 1.82) is 0 Å². The molecule has 4 heteroatoms. The molecule has 1 rings (SSSR count). The molecular weight excluding hydrogens is 226 g/mol. The molecular formula is C14H27N3O. The largest absolute Gasteiger partial charge is 0.465 e. The summed E-state index contributed by atoms with van der Waals surface area (Å²) in [6.07, 6.45) is 0. The zero-order valence-corrected chi connectivity index (χ0v) is 12.3. The van der Waals surface area contributed by atoms with Crippen LogP contribution in [-0.2, 0) is 0 Å². The quantitative estimate of drug-likeness (QED) is 0.805. The van der Waals surface area contributed by atoms with Crippen LogP contribution >= 0.6 is 0 Å². The van der Waals surface area contributed by atoms with E-state index in [4.69, 9.17) is 10.2 Å². The third kappa shape index (κ3) is 3.83. The maximum absolute atomic E-state index is 5.94. The molecule has 0 aromatic carbocycles. The highest BCUT2D eigenvalue weighted by molar-refractivity contribution is 5.10. The van der Waals surface area contributed by atoms with E-state index in [9.17, 15) is 0 Å². The molecule has 1 aromatic rings. The smallest absolute Gasteiger partial charge is 0.122 e. The van der Waals surface area contributed by atoms with Gasteiger partial charge in [0.15, 0.2) is 0 Å². The maximum Gasteiger partial charge on any atom is 0.122 e. The molecule has 0 fully saturated rings. The van der Waals surface area contributed by atoms with Gasteiger partial charge in [-0.05, 0) is 46.6 Å². The zero-order valence-electron chi connectivity index (χ0n) is 12.3. The molecule has 2 atom stereocenters. The van der Waals surface area contributed by atoms with Crippen molar-refractivity contribution in [2.75, 3.05) is 33.7 Å². The van der Waals surface area contributed by atoms with Crippen molar-refractivity contribution < 1.29 is 4.42 Å². The van der Waals surface area contributed by atoms with Crippen LogP contribution in [0.25, 0.3) is 0 Å². The third-order valence-corrected chi connectivity index (χ3v) is 3.27. The first-order chi connectivity index (χ1) is 8.49. The monoisotopic (exact) mass is 253 g/mol. The van der Waals surface area contributed by atoms with E-state index in [0.717, 1.165) is 24.6 Å². The predicted octanol–water partition coefficient (Wildman–Crippen LogP) is 1.86. The van der Waals surface area contributed by atoms with Crippen LogP contribution in [0.5, 0.6) is 0 Å². The van der Waals surface area contributed by atoms with Crippen molar-refractivity contribution in [2.24, 2.45) is 5.73 Å². The number of nitrogens with two attached hydrogens (primary N) is 1. The molecule has 0 aliphatic rings. The summed E-state index contributed by atoms with van der Waals surface area (Å²) in [5, 5.41) is 0. The van der Waals surface area contributed by atoms with Crippen molar-refractivity contribution in [2.45, 2.75) is 32.9 Å². The van der Waals surface area contributed by atoms with Crippen LogP contribution < -0.4 is 5.73 Å². The van der Waals surface area contributed by atoms with E-state index in [1.807, 2.05) is 19.1 Å². The van der Waals surface area contributed by atoms with Gasteiger partial charge < -0.3 is 15.1 Å². The molecule has 2 N–H and O–H groups in total. The van der Waals surface area contributed by atoms with Crippen molar-refractivity contribution in [3.63, 3.8) is 0 Å². The fourth-order valence-electron chi connectivity index (χ4n) is 2.52. The number of aryl methyl sites for hydroxylation is 1. The van der Waals surface area contributed by atoms with Gasteiger partial charge in [-0.15, -0.1) is 0 Å². The first-order valence-electron chi connectivity index (χ1n) is 6.66. The Morgan fingerprint density at radius 3 is 2.39 bits per heavy atom. The topological polar surface area (TPSA) is 45.6 Å². The minimum absolute atomic E-state index is 0.165. The SMILES string of the molecule is CCN(C(C)CN(C)C)C(CN)c1ccc(C)o1. The molecule has 0 saturated heterocycles. The molecule has 1 aromatic heterocycles. The lowest BCUT2D eigenvalue weighted by molar-refractivity contribution is 0.116. The Balaban J connectivity index is 2.83. The molecule has 2 unspecified atom stereocenters. The number of hydrogen-bond acceptors (Lipinski definition) is 4. The highest BCUT2D eigenvalue weighted by atomic mass is 16.3. The molecule has 104 valence electrons. The average molecular weight is 253 g/mol.